The van der Waals surface area contributed by atoms with Crippen molar-refractivity contribution in [2.75, 3.05) is 18.4 Å². The SMILES string of the molecule is Cc1ccc(C#N)cc1NC1CCCN(C(C)C)CC1. The summed E-state index contributed by atoms with van der Waals surface area (Å²) in [6.07, 6.45) is 3.63. The highest BCUT2D eigenvalue weighted by molar-refractivity contribution is 5.55. The molecule has 0 bridgehead atoms. The third kappa shape index (κ3) is 3.74. The molecule has 0 aromatic heterocycles. The number of rotatable bonds is 3. The zero-order valence-corrected chi connectivity index (χ0v) is 12.8. The first-order chi connectivity index (χ1) is 9.60. The van der Waals surface area contributed by atoms with Crippen LogP contribution in [0.5, 0.6) is 0 Å². The van der Waals surface area contributed by atoms with Crippen molar-refractivity contribution < 1.29 is 0 Å². The van der Waals surface area contributed by atoms with Gasteiger partial charge in [0.2, 0.25) is 0 Å². The van der Waals surface area contributed by atoms with Gasteiger partial charge in [-0.15, -0.1) is 0 Å². The normalized spacial score (nSPS) is 20.4. The molecule has 1 heterocycles. The van der Waals surface area contributed by atoms with Gasteiger partial charge in [0.1, 0.15) is 0 Å². The lowest BCUT2D eigenvalue weighted by Crippen LogP contribution is -2.32. The zero-order chi connectivity index (χ0) is 14.5. The summed E-state index contributed by atoms with van der Waals surface area (Å²) in [5.41, 5.74) is 3.07. The lowest BCUT2D eigenvalue weighted by molar-refractivity contribution is 0.230. The average molecular weight is 271 g/mol. The molecule has 108 valence electrons. The Morgan fingerprint density at radius 2 is 2.10 bits per heavy atom. The molecule has 3 heteroatoms. The Bertz CT molecular complexity index is 487. The van der Waals surface area contributed by atoms with Crippen LogP contribution in [0.25, 0.3) is 0 Å². The molecule has 1 atom stereocenters. The molecular formula is C17H25N3. The average Bonchev–Trinajstić information content (AvgIpc) is 2.67. The second kappa shape index (κ2) is 6.76. The van der Waals surface area contributed by atoms with Crippen molar-refractivity contribution in [1.29, 1.82) is 5.26 Å². The van der Waals surface area contributed by atoms with Crippen LogP contribution in [0.4, 0.5) is 5.69 Å². The van der Waals surface area contributed by atoms with Gasteiger partial charge in [0.05, 0.1) is 11.6 Å². The van der Waals surface area contributed by atoms with Gasteiger partial charge in [-0.3, -0.25) is 0 Å². The van der Waals surface area contributed by atoms with Crippen LogP contribution >= 0.6 is 0 Å². The summed E-state index contributed by atoms with van der Waals surface area (Å²) in [6.45, 7) is 9.00. The number of nitrogens with one attached hydrogen (secondary N) is 1. The molecule has 0 radical (unpaired) electrons. The first-order valence-corrected chi connectivity index (χ1v) is 7.61. The fourth-order valence-corrected chi connectivity index (χ4v) is 2.85. The molecule has 1 N–H and O–H groups in total. The van der Waals surface area contributed by atoms with Crippen LogP contribution in [-0.2, 0) is 0 Å². The van der Waals surface area contributed by atoms with Crippen LogP contribution in [-0.4, -0.2) is 30.1 Å². The Balaban J connectivity index is 2.02. The van der Waals surface area contributed by atoms with Gasteiger partial charge < -0.3 is 10.2 Å². The lowest BCUT2D eigenvalue weighted by atomic mass is 10.1. The monoisotopic (exact) mass is 271 g/mol. The first-order valence-electron chi connectivity index (χ1n) is 7.61. The van der Waals surface area contributed by atoms with Crippen molar-refractivity contribution in [3.05, 3.63) is 29.3 Å². The molecule has 0 amide bonds. The Hall–Kier alpha value is -1.53. The quantitative estimate of drug-likeness (QED) is 0.914. The molecule has 0 saturated carbocycles. The zero-order valence-electron chi connectivity index (χ0n) is 12.8. The van der Waals surface area contributed by atoms with Gasteiger partial charge in [-0.2, -0.15) is 5.26 Å². The summed E-state index contributed by atoms with van der Waals surface area (Å²) in [4.78, 5) is 2.56. The Kier molecular flexibility index (Phi) is 5.03. The van der Waals surface area contributed by atoms with E-state index in [1.165, 1.54) is 31.4 Å². The third-order valence-corrected chi connectivity index (χ3v) is 4.22. The maximum absolute atomic E-state index is 9.02. The van der Waals surface area contributed by atoms with Crippen molar-refractivity contribution >= 4 is 5.69 Å². The highest BCUT2D eigenvalue weighted by Gasteiger charge is 2.18. The van der Waals surface area contributed by atoms with Crippen molar-refractivity contribution in [2.45, 2.75) is 52.1 Å². The van der Waals surface area contributed by atoms with E-state index >= 15 is 0 Å². The maximum Gasteiger partial charge on any atom is 0.0992 e. The summed E-state index contributed by atoms with van der Waals surface area (Å²) in [5.74, 6) is 0. The standard InChI is InChI=1S/C17H25N3/c1-13(2)20-9-4-5-16(8-10-20)19-17-11-15(12-18)7-6-14(17)3/h6-7,11,13,16,19H,4-5,8-10H2,1-3H3. The molecule has 1 aromatic rings. The van der Waals surface area contributed by atoms with E-state index in [9.17, 15) is 0 Å². The van der Waals surface area contributed by atoms with Crippen LogP contribution in [0.3, 0.4) is 0 Å². The van der Waals surface area contributed by atoms with Gasteiger partial charge in [0.15, 0.2) is 0 Å². The van der Waals surface area contributed by atoms with Crippen molar-refractivity contribution in [2.24, 2.45) is 0 Å². The van der Waals surface area contributed by atoms with Crippen LogP contribution in [0.2, 0.25) is 0 Å². The number of nitriles is 1. The molecule has 1 unspecified atom stereocenters. The Labute approximate surface area is 122 Å². The molecular weight excluding hydrogens is 246 g/mol. The minimum atomic E-state index is 0.520. The Morgan fingerprint density at radius 1 is 1.30 bits per heavy atom. The molecule has 0 spiro atoms. The van der Waals surface area contributed by atoms with Crippen LogP contribution < -0.4 is 5.32 Å². The highest BCUT2D eigenvalue weighted by atomic mass is 15.1. The summed E-state index contributed by atoms with van der Waals surface area (Å²) in [6, 6.07) is 9.26. The van der Waals surface area contributed by atoms with E-state index in [0.29, 0.717) is 12.1 Å². The minimum absolute atomic E-state index is 0.520. The van der Waals surface area contributed by atoms with E-state index in [4.69, 9.17) is 5.26 Å². The number of nitrogens with zero attached hydrogens (tertiary/aromatic N) is 2. The fourth-order valence-electron chi connectivity index (χ4n) is 2.85. The number of likely N-dealkylation sites (tertiary alicyclic amines) is 1. The van der Waals surface area contributed by atoms with Gasteiger partial charge in [-0.1, -0.05) is 6.07 Å². The van der Waals surface area contributed by atoms with Crippen molar-refractivity contribution in [3.8, 4) is 6.07 Å². The van der Waals surface area contributed by atoms with Crippen LogP contribution in [0.15, 0.2) is 18.2 Å². The predicted octanol–water partition coefficient (Wildman–Crippen LogP) is 3.54. The van der Waals surface area contributed by atoms with Gasteiger partial charge in [-0.25, -0.2) is 0 Å². The smallest absolute Gasteiger partial charge is 0.0992 e. The molecule has 1 aliphatic heterocycles. The van der Waals surface area contributed by atoms with Crippen molar-refractivity contribution in [1.82, 2.24) is 4.90 Å². The van der Waals surface area contributed by atoms with Gasteiger partial charge >= 0.3 is 0 Å². The van der Waals surface area contributed by atoms with E-state index in [2.05, 4.69) is 37.1 Å². The number of hydrogen-bond acceptors (Lipinski definition) is 3. The molecule has 20 heavy (non-hydrogen) atoms. The van der Waals surface area contributed by atoms with E-state index in [1.807, 2.05) is 18.2 Å². The van der Waals surface area contributed by atoms with Crippen molar-refractivity contribution in [3.63, 3.8) is 0 Å². The molecule has 3 nitrogen and oxygen atoms in total. The second-order valence-corrected chi connectivity index (χ2v) is 6.04. The number of hydrogen-bond donors (Lipinski definition) is 1. The van der Waals surface area contributed by atoms with Crippen LogP contribution in [0, 0.1) is 18.3 Å². The molecule has 1 fully saturated rings. The molecule has 0 aliphatic carbocycles. The van der Waals surface area contributed by atoms with E-state index < -0.39 is 0 Å². The van der Waals surface area contributed by atoms with E-state index in [0.717, 1.165) is 17.8 Å². The second-order valence-electron chi connectivity index (χ2n) is 6.04. The highest BCUT2D eigenvalue weighted by Crippen LogP contribution is 2.22. The van der Waals surface area contributed by atoms with Gasteiger partial charge in [0.25, 0.3) is 0 Å². The Morgan fingerprint density at radius 3 is 2.80 bits per heavy atom. The lowest BCUT2D eigenvalue weighted by Gasteiger charge is -2.24. The number of benzene rings is 1. The van der Waals surface area contributed by atoms with Crippen LogP contribution in [0.1, 0.15) is 44.2 Å². The fraction of sp³-hybridized carbons (Fsp3) is 0.588. The summed E-state index contributed by atoms with van der Waals surface area (Å²) in [5, 5.41) is 12.7. The largest absolute Gasteiger partial charge is 0.382 e. The molecule has 1 aliphatic rings. The summed E-state index contributed by atoms with van der Waals surface area (Å²) in [7, 11) is 0. The predicted molar refractivity (Wildman–Crippen MR) is 83.9 cm³/mol. The molecule has 1 saturated heterocycles. The number of aryl methyl sites for hydroxylation is 1. The summed E-state index contributed by atoms with van der Waals surface area (Å²) < 4.78 is 0. The van der Waals surface area contributed by atoms with Gasteiger partial charge in [-0.05, 0) is 64.3 Å². The van der Waals surface area contributed by atoms with E-state index in [1.54, 1.807) is 0 Å². The maximum atomic E-state index is 9.02. The first kappa shape index (κ1) is 14.9. The third-order valence-electron chi connectivity index (χ3n) is 4.22. The van der Waals surface area contributed by atoms with E-state index in [-0.39, 0.29) is 0 Å². The van der Waals surface area contributed by atoms with Gasteiger partial charge in [0, 0.05) is 24.3 Å². The summed E-state index contributed by atoms with van der Waals surface area (Å²) >= 11 is 0. The minimum Gasteiger partial charge on any atom is -0.382 e. The molecule has 1 aromatic carbocycles. The number of anilines is 1. The topological polar surface area (TPSA) is 39.1 Å². The molecule has 2 rings (SSSR count).